The molecule has 0 spiro atoms. The first-order chi connectivity index (χ1) is 12.5. The number of thioether (sulfide) groups is 1. The van der Waals surface area contributed by atoms with Crippen LogP contribution in [0.5, 0.6) is 5.75 Å². The van der Waals surface area contributed by atoms with E-state index in [9.17, 15) is 9.59 Å². The summed E-state index contributed by atoms with van der Waals surface area (Å²) < 4.78 is 5.22. The van der Waals surface area contributed by atoms with Gasteiger partial charge in [-0.05, 0) is 49.6 Å². The maximum Gasteiger partial charge on any atom is 0.255 e. The van der Waals surface area contributed by atoms with Crippen molar-refractivity contribution >= 4 is 29.4 Å². The van der Waals surface area contributed by atoms with E-state index in [2.05, 4.69) is 15.6 Å². The predicted molar refractivity (Wildman–Crippen MR) is 105 cm³/mol. The van der Waals surface area contributed by atoms with E-state index in [0.717, 1.165) is 11.4 Å². The van der Waals surface area contributed by atoms with Gasteiger partial charge in [0.2, 0.25) is 5.91 Å². The molecule has 138 valence electrons. The molecule has 0 saturated heterocycles. The highest BCUT2D eigenvalue weighted by Gasteiger charge is 2.23. The number of aromatic nitrogens is 1. The molecule has 0 aliphatic carbocycles. The molecule has 1 aromatic heterocycles. The van der Waals surface area contributed by atoms with Gasteiger partial charge >= 0.3 is 0 Å². The number of carbonyl (C=O) groups is 2. The third-order valence-electron chi connectivity index (χ3n) is 3.72. The molecule has 0 saturated carbocycles. The second-order valence-corrected chi connectivity index (χ2v) is 6.65. The maximum atomic E-state index is 12.6. The molecule has 1 heterocycles. The molecule has 0 bridgehead atoms. The second kappa shape index (κ2) is 9.82. The smallest absolute Gasteiger partial charge is 0.255 e. The van der Waals surface area contributed by atoms with Crippen molar-refractivity contribution in [1.82, 2.24) is 10.3 Å². The first kappa shape index (κ1) is 19.8. The SMILES string of the molecule is COc1ccccc1C(=O)NC(CCSC)C(=O)Nc1cccc(C)n1. The number of amides is 2. The summed E-state index contributed by atoms with van der Waals surface area (Å²) in [5.41, 5.74) is 1.20. The monoisotopic (exact) mass is 373 g/mol. The number of rotatable bonds is 8. The molecule has 7 heteroatoms. The summed E-state index contributed by atoms with van der Waals surface area (Å²) in [5, 5.41) is 5.58. The summed E-state index contributed by atoms with van der Waals surface area (Å²) in [4.78, 5) is 29.5. The lowest BCUT2D eigenvalue weighted by atomic mass is 10.1. The van der Waals surface area contributed by atoms with Gasteiger partial charge in [-0.1, -0.05) is 18.2 Å². The van der Waals surface area contributed by atoms with E-state index in [1.54, 1.807) is 42.1 Å². The van der Waals surface area contributed by atoms with Crippen LogP contribution in [0.15, 0.2) is 42.5 Å². The minimum absolute atomic E-state index is 0.291. The van der Waals surface area contributed by atoms with E-state index in [0.29, 0.717) is 23.6 Å². The number of nitrogens with one attached hydrogen (secondary N) is 2. The van der Waals surface area contributed by atoms with Crippen molar-refractivity contribution in [2.75, 3.05) is 24.4 Å². The quantitative estimate of drug-likeness (QED) is 0.744. The van der Waals surface area contributed by atoms with Gasteiger partial charge in [0, 0.05) is 5.69 Å². The fourth-order valence-electron chi connectivity index (χ4n) is 2.40. The minimum atomic E-state index is -0.665. The third-order valence-corrected chi connectivity index (χ3v) is 4.37. The van der Waals surface area contributed by atoms with E-state index < -0.39 is 6.04 Å². The number of methoxy groups -OCH3 is 1. The number of benzene rings is 1. The Kier molecular flexibility index (Phi) is 7.47. The van der Waals surface area contributed by atoms with Gasteiger partial charge in [-0.3, -0.25) is 9.59 Å². The lowest BCUT2D eigenvalue weighted by molar-refractivity contribution is -0.118. The Bertz CT molecular complexity index is 767. The average Bonchev–Trinajstić information content (AvgIpc) is 2.64. The summed E-state index contributed by atoms with van der Waals surface area (Å²) in [6.07, 6.45) is 2.47. The first-order valence-corrected chi connectivity index (χ1v) is 9.62. The molecular formula is C19H23N3O3S. The van der Waals surface area contributed by atoms with Crippen LogP contribution in [0.25, 0.3) is 0 Å². The zero-order valence-corrected chi connectivity index (χ0v) is 15.9. The van der Waals surface area contributed by atoms with E-state index in [-0.39, 0.29) is 11.8 Å². The van der Waals surface area contributed by atoms with Crippen LogP contribution < -0.4 is 15.4 Å². The van der Waals surface area contributed by atoms with Crippen molar-refractivity contribution in [3.8, 4) is 5.75 Å². The van der Waals surface area contributed by atoms with Crippen molar-refractivity contribution in [3.05, 3.63) is 53.7 Å². The van der Waals surface area contributed by atoms with Crippen LogP contribution >= 0.6 is 11.8 Å². The number of hydrogen-bond acceptors (Lipinski definition) is 5. The van der Waals surface area contributed by atoms with Crippen molar-refractivity contribution < 1.29 is 14.3 Å². The number of para-hydroxylation sites is 1. The maximum absolute atomic E-state index is 12.6. The van der Waals surface area contributed by atoms with Crippen LogP contribution in [-0.4, -0.2) is 42.0 Å². The minimum Gasteiger partial charge on any atom is -0.496 e. The molecule has 0 fully saturated rings. The van der Waals surface area contributed by atoms with Crippen LogP contribution in [0.4, 0.5) is 5.82 Å². The predicted octanol–water partition coefficient (Wildman–Crippen LogP) is 2.89. The van der Waals surface area contributed by atoms with Crippen LogP contribution in [0, 0.1) is 6.92 Å². The Balaban J connectivity index is 2.13. The van der Waals surface area contributed by atoms with Gasteiger partial charge in [-0.25, -0.2) is 4.98 Å². The van der Waals surface area contributed by atoms with Crippen LogP contribution in [0.2, 0.25) is 0 Å². The van der Waals surface area contributed by atoms with Crippen molar-refractivity contribution in [3.63, 3.8) is 0 Å². The Hall–Kier alpha value is -2.54. The van der Waals surface area contributed by atoms with Crippen LogP contribution in [0.3, 0.4) is 0 Å². The van der Waals surface area contributed by atoms with E-state index in [1.807, 2.05) is 25.3 Å². The standard InChI is InChI=1S/C19H23N3O3S/c1-13-7-6-10-17(20-13)22-19(24)15(11-12-26-3)21-18(23)14-8-4-5-9-16(14)25-2/h4-10,15H,11-12H2,1-3H3,(H,21,23)(H,20,22,24). The molecule has 0 radical (unpaired) electrons. The summed E-state index contributed by atoms with van der Waals surface area (Å²) in [6.45, 7) is 1.85. The molecule has 2 rings (SSSR count). The highest BCUT2D eigenvalue weighted by Crippen LogP contribution is 2.17. The Morgan fingerprint density at radius 3 is 2.65 bits per heavy atom. The van der Waals surface area contributed by atoms with Gasteiger partial charge in [-0.15, -0.1) is 0 Å². The molecule has 6 nitrogen and oxygen atoms in total. The molecular weight excluding hydrogens is 350 g/mol. The molecule has 2 aromatic rings. The summed E-state index contributed by atoms with van der Waals surface area (Å²) in [5.74, 6) is 1.04. The van der Waals surface area contributed by atoms with Crippen molar-refractivity contribution in [2.24, 2.45) is 0 Å². The third kappa shape index (κ3) is 5.49. The number of anilines is 1. The summed E-state index contributed by atoms with van der Waals surface area (Å²) in [7, 11) is 1.51. The number of ether oxygens (including phenoxy) is 1. The van der Waals surface area contributed by atoms with Gasteiger partial charge in [0.15, 0.2) is 0 Å². The molecule has 1 unspecified atom stereocenters. The molecule has 1 atom stereocenters. The zero-order valence-electron chi connectivity index (χ0n) is 15.1. The van der Waals surface area contributed by atoms with Crippen LogP contribution in [0.1, 0.15) is 22.5 Å². The fourth-order valence-corrected chi connectivity index (χ4v) is 2.87. The molecule has 26 heavy (non-hydrogen) atoms. The first-order valence-electron chi connectivity index (χ1n) is 8.22. The van der Waals surface area contributed by atoms with Gasteiger partial charge in [0.25, 0.3) is 5.91 Å². The summed E-state index contributed by atoms with van der Waals surface area (Å²) >= 11 is 1.62. The number of carbonyl (C=O) groups excluding carboxylic acids is 2. The molecule has 1 aromatic carbocycles. The van der Waals surface area contributed by atoms with Crippen LogP contribution in [-0.2, 0) is 4.79 Å². The van der Waals surface area contributed by atoms with E-state index >= 15 is 0 Å². The second-order valence-electron chi connectivity index (χ2n) is 5.66. The topological polar surface area (TPSA) is 80.3 Å². The molecule has 2 N–H and O–H groups in total. The highest BCUT2D eigenvalue weighted by atomic mass is 32.2. The summed E-state index contributed by atoms with van der Waals surface area (Å²) in [6, 6.07) is 11.7. The van der Waals surface area contributed by atoms with Gasteiger partial charge in [-0.2, -0.15) is 11.8 Å². The number of pyridine rings is 1. The average molecular weight is 373 g/mol. The molecule has 0 aliphatic heterocycles. The normalized spacial score (nSPS) is 11.5. The van der Waals surface area contributed by atoms with E-state index in [4.69, 9.17) is 4.74 Å². The Labute approximate surface area is 157 Å². The lowest BCUT2D eigenvalue weighted by Gasteiger charge is -2.19. The van der Waals surface area contributed by atoms with Crippen molar-refractivity contribution in [2.45, 2.75) is 19.4 Å². The van der Waals surface area contributed by atoms with Gasteiger partial charge < -0.3 is 15.4 Å². The Morgan fingerprint density at radius 1 is 1.19 bits per heavy atom. The van der Waals surface area contributed by atoms with Crippen molar-refractivity contribution in [1.29, 1.82) is 0 Å². The fraction of sp³-hybridized carbons (Fsp3) is 0.316. The highest BCUT2D eigenvalue weighted by molar-refractivity contribution is 7.98. The molecule has 0 aliphatic rings. The largest absolute Gasteiger partial charge is 0.496 e. The number of hydrogen-bond donors (Lipinski definition) is 2. The Morgan fingerprint density at radius 2 is 1.96 bits per heavy atom. The number of aryl methyl sites for hydroxylation is 1. The number of nitrogens with zero attached hydrogens (tertiary/aromatic N) is 1. The zero-order chi connectivity index (χ0) is 18.9. The van der Waals surface area contributed by atoms with E-state index in [1.165, 1.54) is 7.11 Å². The molecule has 2 amide bonds. The lowest BCUT2D eigenvalue weighted by Crippen LogP contribution is -2.44. The van der Waals surface area contributed by atoms with Gasteiger partial charge in [0.05, 0.1) is 12.7 Å². The van der Waals surface area contributed by atoms with Gasteiger partial charge in [0.1, 0.15) is 17.6 Å².